The van der Waals surface area contributed by atoms with Crippen LogP contribution in [0.1, 0.15) is 44.9 Å². The fourth-order valence-corrected chi connectivity index (χ4v) is 4.48. The van der Waals surface area contributed by atoms with E-state index in [2.05, 4.69) is 4.72 Å². The Morgan fingerprint density at radius 3 is 2.27 bits per heavy atom. The van der Waals surface area contributed by atoms with Crippen LogP contribution in [-0.2, 0) is 10.0 Å². The van der Waals surface area contributed by atoms with E-state index in [9.17, 15) is 8.42 Å². The van der Waals surface area contributed by atoms with Gasteiger partial charge in [0.2, 0.25) is 10.0 Å². The molecule has 5 heteroatoms. The van der Waals surface area contributed by atoms with Crippen LogP contribution in [0, 0.1) is 0 Å². The summed E-state index contributed by atoms with van der Waals surface area (Å²) in [4.78, 5) is 0. The third kappa shape index (κ3) is 2.71. The number of nitrogens with two attached hydrogens (primary N) is 1. The monoisotopic (exact) mass is 232 g/mol. The lowest BCUT2D eigenvalue weighted by molar-refractivity contribution is 0.535. The summed E-state index contributed by atoms with van der Waals surface area (Å²) < 4.78 is 26.7. The maximum Gasteiger partial charge on any atom is 0.214 e. The Kier molecular flexibility index (Phi) is 3.33. The molecule has 88 valence electrons. The van der Waals surface area contributed by atoms with Gasteiger partial charge < -0.3 is 5.73 Å². The molecule has 0 amide bonds. The molecule has 0 heterocycles. The zero-order chi connectivity index (χ0) is 10.9. The summed E-state index contributed by atoms with van der Waals surface area (Å²) in [6.45, 7) is 0. The molecule has 2 atom stereocenters. The van der Waals surface area contributed by atoms with Crippen LogP contribution in [0.4, 0.5) is 0 Å². The van der Waals surface area contributed by atoms with E-state index in [4.69, 9.17) is 5.73 Å². The molecule has 3 N–H and O–H groups in total. The van der Waals surface area contributed by atoms with Crippen molar-refractivity contribution in [2.45, 2.75) is 62.3 Å². The first-order chi connectivity index (χ1) is 7.08. The van der Waals surface area contributed by atoms with Crippen LogP contribution in [0.2, 0.25) is 0 Å². The molecule has 0 spiro atoms. The Morgan fingerprint density at radius 1 is 1.07 bits per heavy atom. The van der Waals surface area contributed by atoms with Gasteiger partial charge in [-0.05, 0) is 32.1 Å². The number of nitrogens with one attached hydrogen (secondary N) is 1. The Labute approximate surface area is 91.7 Å². The number of hydrogen-bond donors (Lipinski definition) is 2. The second kappa shape index (κ2) is 4.39. The van der Waals surface area contributed by atoms with Crippen LogP contribution in [0.25, 0.3) is 0 Å². The minimum Gasteiger partial charge on any atom is -0.328 e. The van der Waals surface area contributed by atoms with Crippen LogP contribution in [0.3, 0.4) is 0 Å². The summed E-state index contributed by atoms with van der Waals surface area (Å²) in [7, 11) is -3.07. The van der Waals surface area contributed by atoms with E-state index in [1.54, 1.807) is 0 Å². The second-order valence-corrected chi connectivity index (χ2v) is 6.83. The SMILES string of the molecule is NC1CCC(NS(=O)(=O)C2CCCC2)C1. The lowest BCUT2D eigenvalue weighted by atomic mass is 10.2. The summed E-state index contributed by atoms with van der Waals surface area (Å²) in [5, 5.41) is -0.144. The Hall–Kier alpha value is -0.130. The number of sulfonamides is 1. The highest BCUT2D eigenvalue weighted by Crippen LogP contribution is 2.26. The van der Waals surface area contributed by atoms with Gasteiger partial charge in [-0.2, -0.15) is 0 Å². The van der Waals surface area contributed by atoms with Gasteiger partial charge in [0.05, 0.1) is 5.25 Å². The molecule has 4 nitrogen and oxygen atoms in total. The summed E-state index contributed by atoms with van der Waals surface area (Å²) in [6.07, 6.45) is 6.39. The Bertz CT molecular complexity index is 309. The highest BCUT2D eigenvalue weighted by atomic mass is 32.2. The molecule has 15 heavy (non-hydrogen) atoms. The maximum absolute atomic E-state index is 11.9. The van der Waals surface area contributed by atoms with Gasteiger partial charge in [0.25, 0.3) is 0 Å². The predicted molar refractivity (Wildman–Crippen MR) is 59.9 cm³/mol. The average Bonchev–Trinajstić information content (AvgIpc) is 2.75. The molecule has 0 radical (unpaired) electrons. The van der Waals surface area contributed by atoms with Crippen molar-refractivity contribution in [3.63, 3.8) is 0 Å². The lowest BCUT2D eigenvalue weighted by Crippen LogP contribution is -2.39. The van der Waals surface area contributed by atoms with Crippen molar-refractivity contribution in [2.24, 2.45) is 5.73 Å². The fraction of sp³-hybridized carbons (Fsp3) is 1.00. The van der Waals surface area contributed by atoms with Gasteiger partial charge in [0.1, 0.15) is 0 Å². The van der Waals surface area contributed by atoms with E-state index in [1.165, 1.54) is 0 Å². The van der Waals surface area contributed by atoms with E-state index < -0.39 is 10.0 Å². The third-order valence-corrected chi connectivity index (χ3v) is 5.56. The highest BCUT2D eigenvalue weighted by molar-refractivity contribution is 7.90. The van der Waals surface area contributed by atoms with Gasteiger partial charge in [0.15, 0.2) is 0 Å². The predicted octanol–water partition coefficient (Wildman–Crippen LogP) is 0.728. The Balaban J connectivity index is 1.92. The normalized spacial score (nSPS) is 33.7. The molecule has 0 bridgehead atoms. The standard InChI is InChI=1S/C10H20N2O2S/c11-8-5-6-9(7-8)12-15(13,14)10-3-1-2-4-10/h8-10,12H,1-7,11H2. The van der Waals surface area contributed by atoms with Crippen molar-refractivity contribution in [1.82, 2.24) is 4.72 Å². The first-order valence-corrected chi connectivity index (χ1v) is 7.39. The first-order valence-electron chi connectivity index (χ1n) is 5.84. The van der Waals surface area contributed by atoms with Crippen molar-refractivity contribution >= 4 is 10.0 Å². The molecular weight excluding hydrogens is 212 g/mol. The average molecular weight is 232 g/mol. The largest absolute Gasteiger partial charge is 0.328 e. The topological polar surface area (TPSA) is 72.2 Å². The molecular formula is C10H20N2O2S. The highest BCUT2D eigenvalue weighted by Gasteiger charge is 2.32. The third-order valence-electron chi connectivity index (χ3n) is 3.55. The van der Waals surface area contributed by atoms with Crippen molar-refractivity contribution < 1.29 is 8.42 Å². The zero-order valence-electron chi connectivity index (χ0n) is 8.98. The summed E-state index contributed by atoms with van der Waals surface area (Å²) in [5.74, 6) is 0. The summed E-state index contributed by atoms with van der Waals surface area (Å²) >= 11 is 0. The number of hydrogen-bond acceptors (Lipinski definition) is 3. The van der Waals surface area contributed by atoms with E-state index in [0.717, 1.165) is 44.9 Å². The van der Waals surface area contributed by atoms with Crippen molar-refractivity contribution in [3.8, 4) is 0 Å². The van der Waals surface area contributed by atoms with E-state index in [1.807, 2.05) is 0 Å². The summed E-state index contributed by atoms with van der Waals surface area (Å²) in [6, 6.07) is 0.270. The molecule has 2 rings (SSSR count). The van der Waals surface area contributed by atoms with Crippen LogP contribution in [-0.4, -0.2) is 25.8 Å². The quantitative estimate of drug-likeness (QED) is 0.753. The second-order valence-electron chi connectivity index (χ2n) is 4.84. The molecule has 0 aromatic carbocycles. The van der Waals surface area contributed by atoms with Gasteiger partial charge >= 0.3 is 0 Å². The van der Waals surface area contributed by atoms with Gasteiger partial charge in [-0.15, -0.1) is 0 Å². The van der Waals surface area contributed by atoms with Crippen molar-refractivity contribution in [3.05, 3.63) is 0 Å². The molecule has 0 aliphatic heterocycles. The van der Waals surface area contributed by atoms with Gasteiger partial charge in [-0.25, -0.2) is 13.1 Å². The molecule has 0 saturated heterocycles. The van der Waals surface area contributed by atoms with Crippen LogP contribution < -0.4 is 10.5 Å². The van der Waals surface area contributed by atoms with Crippen molar-refractivity contribution in [1.29, 1.82) is 0 Å². The minimum atomic E-state index is -3.07. The smallest absolute Gasteiger partial charge is 0.214 e. The minimum absolute atomic E-state index is 0.0885. The molecule has 2 aliphatic rings. The summed E-state index contributed by atoms with van der Waals surface area (Å²) in [5.41, 5.74) is 5.76. The van der Waals surface area contributed by atoms with Crippen molar-refractivity contribution in [2.75, 3.05) is 0 Å². The van der Waals surface area contributed by atoms with Crippen LogP contribution in [0.15, 0.2) is 0 Å². The Morgan fingerprint density at radius 2 is 1.73 bits per heavy atom. The first kappa shape index (κ1) is 11.4. The van der Waals surface area contributed by atoms with E-state index in [-0.39, 0.29) is 17.3 Å². The molecule has 2 aliphatic carbocycles. The van der Waals surface area contributed by atoms with E-state index in [0.29, 0.717) is 0 Å². The molecule has 0 aromatic heterocycles. The molecule has 2 fully saturated rings. The molecule has 2 saturated carbocycles. The number of rotatable bonds is 3. The van der Waals surface area contributed by atoms with Crippen LogP contribution >= 0.6 is 0 Å². The maximum atomic E-state index is 11.9. The van der Waals surface area contributed by atoms with Crippen LogP contribution in [0.5, 0.6) is 0 Å². The molecule has 2 unspecified atom stereocenters. The lowest BCUT2D eigenvalue weighted by Gasteiger charge is -2.16. The van der Waals surface area contributed by atoms with E-state index >= 15 is 0 Å². The van der Waals surface area contributed by atoms with Gasteiger partial charge in [-0.1, -0.05) is 12.8 Å². The van der Waals surface area contributed by atoms with Gasteiger partial charge in [-0.3, -0.25) is 0 Å². The fourth-order valence-electron chi connectivity index (χ4n) is 2.65. The molecule has 0 aromatic rings. The van der Waals surface area contributed by atoms with Gasteiger partial charge in [0, 0.05) is 12.1 Å². The zero-order valence-corrected chi connectivity index (χ0v) is 9.80.